The minimum atomic E-state index is -4.76. The molecular weight excluding hydrogens is 531 g/mol. The van der Waals surface area contributed by atoms with Crippen LogP contribution in [0.1, 0.15) is 49.4 Å². The first-order valence-corrected chi connectivity index (χ1v) is 13.9. The van der Waals surface area contributed by atoms with Crippen LogP contribution in [0.4, 0.5) is 13.2 Å². The van der Waals surface area contributed by atoms with Gasteiger partial charge in [0, 0.05) is 51.2 Å². The monoisotopic (exact) mass is 569 g/mol. The van der Waals surface area contributed by atoms with Crippen LogP contribution in [0.15, 0.2) is 67.0 Å². The first-order chi connectivity index (χ1) is 19.3. The van der Waals surface area contributed by atoms with Crippen LogP contribution in [0, 0.1) is 6.92 Å². The van der Waals surface area contributed by atoms with Crippen molar-refractivity contribution in [3.63, 3.8) is 0 Å². The van der Waals surface area contributed by atoms with Crippen LogP contribution in [-0.2, 0) is 28.2 Å². The molecule has 1 aromatic heterocycles. The van der Waals surface area contributed by atoms with E-state index in [0.717, 1.165) is 60.9 Å². The summed E-state index contributed by atoms with van der Waals surface area (Å²) in [5.41, 5.74) is 1.87. The normalized spacial score (nSPS) is 18.3. The summed E-state index contributed by atoms with van der Waals surface area (Å²) >= 11 is 0. The molecule has 9 heteroatoms. The Labute approximate surface area is 239 Å². The van der Waals surface area contributed by atoms with Crippen molar-refractivity contribution >= 4 is 5.97 Å². The highest BCUT2D eigenvalue weighted by molar-refractivity contribution is 5.70. The first kappa shape index (κ1) is 30.7. The number of carbonyl (C=O) groups excluding carboxylic acids is 1. The van der Waals surface area contributed by atoms with Crippen molar-refractivity contribution in [3.8, 4) is 11.1 Å². The molecule has 1 N–H and O–H groups in total. The van der Waals surface area contributed by atoms with Crippen LogP contribution >= 0.6 is 0 Å². The lowest BCUT2D eigenvalue weighted by Crippen LogP contribution is -2.53. The lowest BCUT2D eigenvalue weighted by molar-refractivity contribution is -0.258. The third kappa shape index (κ3) is 7.72. The van der Waals surface area contributed by atoms with Gasteiger partial charge in [0.1, 0.15) is 0 Å². The summed E-state index contributed by atoms with van der Waals surface area (Å²) in [4.78, 5) is 21.4. The van der Waals surface area contributed by atoms with Crippen molar-refractivity contribution in [2.24, 2.45) is 0 Å². The lowest BCUT2D eigenvalue weighted by Gasteiger charge is -2.41. The number of aromatic nitrogens is 1. The van der Waals surface area contributed by atoms with E-state index < -0.39 is 11.8 Å². The van der Waals surface area contributed by atoms with Gasteiger partial charge in [-0.15, -0.1) is 0 Å². The molecule has 1 saturated heterocycles. The maximum Gasteiger partial charge on any atom is 0.421 e. The fraction of sp³-hybridized carbons (Fsp3) is 0.438. The molecular formula is C32H38F3N3O3. The molecule has 0 spiro atoms. The molecule has 0 saturated carbocycles. The summed E-state index contributed by atoms with van der Waals surface area (Å²) in [5, 5.41) is 9.97. The number of ether oxygens (including phenoxy) is 1. The molecule has 1 aliphatic rings. The summed E-state index contributed by atoms with van der Waals surface area (Å²) in [6, 6.07) is 16.0. The van der Waals surface area contributed by atoms with Gasteiger partial charge in [-0.1, -0.05) is 42.5 Å². The number of pyridine rings is 1. The molecule has 41 heavy (non-hydrogen) atoms. The van der Waals surface area contributed by atoms with E-state index in [1.165, 1.54) is 12.1 Å². The molecule has 2 heterocycles. The lowest BCUT2D eigenvalue weighted by atomic mass is 9.92. The number of carbonyl (C=O) groups is 1. The third-order valence-corrected chi connectivity index (χ3v) is 7.60. The summed E-state index contributed by atoms with van der Waals surface area (Å²) < 4.78 is 45.1. The van der Waals surface area contributed by atoms with Gasteiger partial charge in [-0.05, 0) is 73.2 Å². The predicted octanol–water partition coefficient (Wildman–Crippen LogP) is 5.85. The Kier molecular flexibility index (Phi) is 9.51. The van der Waals surface area contributed by atoms with Crippen LogP contribution in [0.25, 0.3) is 11.1 Å². The number of aryl methyl sites for hydroxylation is 1. The van der Waals surface area contributed by atoms with Crippen molar-refractivity contribution in [2.75, 3.05) is 19.6 Å². The highest BCUT2D eigenvalue weighted by Gasteiger charge is 2.51. The van der Waals surface area contributed by atoms with Gasteiger partial charge in [-0.2, -0.15) is 13.2 Å². The smallest absolute Gasteiger partial charge is 0.421 e. The second-order valence-electron chi connectivity index (χ2n) is 11.3. The largest absolute Gasteiger partial charge is 0.463 e. The average Bonchev–Trinajstić information content (AvgIpc) is 2.90. The number of aliphatic hydroxyl groups is 1. The third-order valence-electron chi connectivity index (χ3n) is 7.60. The second-order valence-corrected chi connectivity index (χ2v) is 11.3. The summed E-state index contributed by atoms with van der Waals surface area (Å²) in [5.74, 6) is -0.199. The minimum absolute atomic E-state index is 0.0101. The fourth-order valence-electron chi connectivity index (χ4n) is 5.27. The number of hydrogen-bond acceptors (Lipinski definition) is 6. The maximum atomic E-state index is 13.2. The van der Waals surface area contributed by atoms with E-state index in [1.807, 2.05) is 45.0 Å². The van der Waals surface area contributed by atoms with Gasteiger partial charge in [0.05, 0.1) is 12.5 Å². The van der Waals surface area contributed by atoms with E-state index >= 15 is 0 Å². The Hall–Kier alpha value is -3.27. The maximum absolute atomic E-state index is 13.2. The Balaban J connectivity index is 1.45. The number of halogens is 3. The summed E-state index contributed by atoms with van der Waals surface area (Å²) in [6.45, 7) is 10.3. The number of nitrogens with zero attached hydrogens (tertiary/aromatic N) is 3. The van der Waals surface area contributed by atoms with E-state index in [2.05, 4.69) is 20.9 Å². The predicted molar refractivity (Wildman–Crippen MR) is 152 cm³/mol. The molecule has 3 aromatic rings. The van der Waals surface area contributed by atoms with Crippen molar-refractivity contribution in [1.82, 2.24) is 14.8 Å². The topological polar surface area (TPSA) is 65.9 Å². The number of piperazine rings is 1. The van der Waals surface area contributed by atoms with Gasteiger partial charge in [0.25, 0.3) is 0 Å². The van der Waals surface area contributed by atoms with Crippen molar-refractivity contribution < 1.29 is 27.8 Å². The molecule has 4 rings (SSSR count). The van der Waals surface area contributed by atoms with Crippen molar-refractivity contribution in [3.05, 3.63) is 89.2 Å². The van der Waals surface area contributed by atoms with Crippen LogP contribution < -0.4 is 0 Å². The van der Waals surface area contributed by atoms with E-state index in [0.29, 0.717) is 13.0 Å². The average molecular weight is 570 g/mol. The molecule has 6 nitrogen and oxygen atoms in total. The number of esters is 1. The first-order valence-electron chi connectivity index (χ1n) is 13.9. The van der Waals surface area contributed by atoms with E-state index in [1.54, 1.807) is 24.5 Å². The zero-order valence-electron chi connectivity index (χ0n) is 24.0. The molecule has 1 aliphatic heterocycles. The van der Waals surface area contributed by atoms with Crippen LogP contribution in [0.2, 0.25) is 0 Å². The molecule has 0 amide bonds. The highest BCUT2D eigenvalue weighted by Crippen LogP contribution is 2.39. The van der Waals surface area contributed by atoms with Crippen LogP contribution in [-0.4, -0.2) is 63.8 Å². The molecule has 220 valence electrons. The molecule has 0 aliphatic carbocycles. The van der Waals surface area contributed by atoms with Gasteiger partial charge in [0.2, 0.25) is 0 Å². The van der Waals surface area contributed by atoms with Gasteiger partial charge in [-0.3, -0.25) is 19.6 Å². The Morgan fingerprint density at radius 3 is 2.32 bits per heavy atom. The van der Waals surface area contributed by atoms with Gasteiger partial charge >= 0.3 is 12.1 Å². The zero-order chi connectivity index (χ0) is 29.8. The molecule has 2 unspecified atom stereocenters. The number of alkyl halides is 3. The Bertz CT molecular complexity index is 1310. The fourth-order valence-corrected chi connectivity index (χ4v) is 5.27. The minimum Gasteiger partial charge on any atom is -0.463 e. The van der Waals surface area contributed by atoms with Gasteiger partial charge in [-0.25, -0.2) is 0 Å². The quantitative estimate of drug-likeness (QED) is 0.326. The van der Waals surface area contributed by atoms with Crippen molar-refractivity contribution in [2.45, 2.75) is 71.1 Å². The molecule has 0 bridgehead atoms. The van der Waals surface area contributed by atoms with Gasteiger partial charge < -0.3 is 9.84 Å². The zero-order valence-corrected chi connectivity index (χ0v) is 24.0. The van der Waals surface area contributed by atoms with Crippen molar-refractivity contribution in [1.29, 1.82) is 0 Å². The van der Waals surface area contributed by atoms with Crippen LogP contribution in [0.5, 0.6) is 0 Å². The molecule has 2 atom stereocenters. The Morgan fingerprint density at radius 2 is 1.71 bits per heavy atom. The molecule has 2 aromatic carbocycles. The van der Waals surface area contributed by atoms with E-state index in [-0.39, 0.29) is 23.7 Å². The standard InChI is InChI=1S/C32H38F3N3O3/c1-22(2)41-30(39)18-28-21-37(15-16-38(28)20-24-11-13-36-14-12-24)19-25-5-10-29(23(3)17-25)26-6-8-27(9-7-26)31(4,40)32(33,34)35/h5-14,17,22,28,40H,15-16,18-21H2,1-4H3. The van der Waals surface area contributed by atoms with E-state index in [9.17, 15) is 23.1 Å². The van der Waals surface area contributed by atoms with Crippen LogP contribution in [0.3, 0.4) is 0 Å². The number of hydrogen-bond donors (Lipinski definition) is 1. The second kappa shape index (κ2) is 12.7. The molecule has 1 fully saturated rings. The summed E-state index contributed by atoms with van der Waals surface area (Å²) in [6.07, 6.45) is -1.05. The Morgan fingerprint density at radius 1 is 1.02 bits per heavy atom. The number of rotatable bonds is 9. The SMILES string of the molecule is Cc1cc(CN2CCN(Cc3ccncc3)C(CC(=O)OC(C)C)C2)ccc1-c1ccc(C(C)(O)C(F)(F)F)cc1. The van der Waals surface area contributed by atoms with E-state index in [4.69, 9.17) is 4.74 Å². The number of benzene rings is 2. The molecule has 0 radical (unpaired) electrons. The van der Waals surface area contributed by atoms with Gasteiger partial charge in [0.15, 0.2) is 5.60 Å². The summed E-state index contributed by atoms with van der Waals surface area (Å²) in [7, 11) is 0. The highest BCUT2D eigenvalue weighted by atomic mass is 19.4.